The van der Waals surface area contributed by atoms with E-state index >= 15 is 0 Å². The number of aliphatic hydroxyl groups is 1. The summed E-state index contributed by atoms with van der Waals surface area (Å²) < 4.78 is 6.03. The molecule has 2 aromatic heterocycles. The van der Waals surface area contributed by atoms with Crippen molar-refractivity contribution in [2.24, 2.45) is 11.1 Å². The third-order valence-electron chi connectivity index (χ3n) is 6.11. The van der Waals surface area contributed by atoms with E-state index in [9.17, 15) is 5.11 Å². The van der Waals surface area contributed by atoms with Crippen LogP contribution in [0.25, 0.3) is 5.57 Å². The van der Waals surface area contributed by atoms with Crippen molar-refractivity contribution < 1.29 is 9.84 Å². The van der Waals surface area contributed by atoms with Gasteiger partial charge in [0.05, 0.1) is 40.0 Å². The smallest absolute Gasteiger partial charge is 0.186 e. The minimum absolute atomic E-state index is 0.0549. The lowest BCUT2D eigenvalue weighted by Gasteiger charge is -2.31. The summed E-state index contributed by atoms with van der Waals surface area (Å²) in [4.78, 5) is 12.7. The minimum atomic E-state index is -0.410. The molecule has 2 atom stereocenters. The number of thioether (sulfide) groups is 1. The average Bonchev–Trinajstić information content (AvgIpc) is 3.02. The van der Waals surface area contributed by atoms with Gasteiger partial charge in [0.1, 0.15) is 11.6 Å². The molecule has 2 aromatic rings. The van der Waals surface area contributed by atoms with Crippen molar-refractivity contribution in [3.63, 3.8) is 0 Å². The topological polar surface area (TPSA) is 111 Å². The Labute approximate surface area is 210 Å². The summed E-state index contributed by atoms with van der Waals surface area (Å²) >= 11 is 3.09. The summed E-state index contributed by atoms with van der Waals surface area (Å²) in [7, 11) is 0. The van der Waals surface area contributed by atoms with E-state index in [1.165, 1.54) is 11.8 Å². The van der Waals surface area contributed by atoms with Crippen LogP contribution < -0.4 is 16.4 Å². The first-order valence-corrected chi connectivity index (χ1v) is 13.4. The minimum Gasteiger partial charge on any atom is -0.496 e. The first-order chi connectivity index (χ1) is 16.1. The number of fused-ring (bicyclic) bond motifs is 1. The van der Waals surface area contributed by atoms with Crippen molar-refractivity contribution >= 4 is 39.5 Å². The van der Waals surface area contributed by atoms with Crippen molar-refractivity contribution in [1.82, 2.24) is 9.97 Å². The van der Waals surface area contributed by atoms with Gasteiger partial charge in [0.25, 0.3) is 0 Å². The predicted molar refractivity (Wildman–Crippen MR) is 142 cm³/mol. The molecule has 1 saturated heterocycles. The second-order valence-corrected chi connectivity index (χ2v) is 12.3. The highest BCUT2D eigenvalue weighted by atomic mass is 32.2. The van der Waals surface area contributed by atoms with E-state index in [-0.39, 0.29) is 10.8 Å². The Morgan fingerprint density at radius 2 is 2.21 bits per heavy atom. The number of nitrogen functional groups attached to an aromatic ring is 1. The van der Waals surface area contributed by atoms with Gasteiger partial charge in [-0.15, -0.1) is 0 Å². The number of nitrogens with zero attached hydrogens (tertiary/aromatic N) is 3. The number of anilines is 2. The fourth-order valence-corrected chi connectivity index (χ4v) is 6.11. The summed E-state index contributed by atoms with van der Waals surface area (Å²) in [6, 6.07) is 1.94. The standard InChI is InChI=1S/C25H35N5O2S2/c1-15(17-11-19(27)23(28-14-17)33-16(2)26)5-6-18-7-8-30(9-10-32-18)24-29-20-12-25(3,4)13-21(31)22(20)34-24/h5-6,11,14,16,21,31H,7-10,12-13,26-27H2,1-4H3. The number of ether oxygens (including phenoxy) is 1. The molecule has 184 valence electrons. The Balaban J connectivity index is 1.42. The van der Waals surface area contributed by atoms with E-state index in [0.29, 0.717) is 12.3 Å². The number of aliphatic hydroxyl groups excluding tert-OH is 1. The van der Waals surface area contributed by atoms with Gasteiger partial charge < -0.3 is 26.2 Å². The molecule has 4 rings (SSSR count). The maximum Gasteiger partial charge on any atom is 0.186 e. The molecule has 0 spiro atoms. The van der Waals surface area contributed by atoms with Gasteiger partial charge in [-0.3, -0.25) is 0 Å². The van der Waals surface area contributed by atoms with Gasteiger partial charge in [0.2, 0.25) is 0 Å². The summed E-state index contributed by atoms with van der Waals surface area (Å²) in [5.74, 6) is 0.953. The Bertz CT molecular complexity index is 1090. The fraction of sp³-hybridized carbons (Fsp3) is 0.520. The third-order valence-corrected chi connectivity index (χ3v) is 8.30. The number of thiazole rings is 1. The van der Waals surface area contributed by atoms with Crippen LogP contribution in [-0.2, 0) is 11.2 Å². The van der Waals surface area contributed by atoms with Crippen LogP contribution in [0.15, 0.2) is 35.2 Å². The van der Waals surface area contributed by atoms with Gasteiger partial charge in [0, 0.05) is 19.2 Å². The van der Waals surface area contributed by atoms with E-state index in [4.69, 9.17) is 21.2 Å². The monoisotopic (exact) mass is 501 g/mol. The number of hydrogen-bond acceptors (Lipinski definition) is 9. The third kappa shape index (κ3) is 5.94. The summed E-state index contributed by atoms with van der Waals surface area (Å²) in [6.45, 7) is 10.6. The zero-order chi connectivity index (χ0) is 24.5. The maximum absolute atomic E-state index is 10.6. The number of aromatic nitrogens is 2. The van der Waals surface area contributed by atoms with E-state index in [2.05, 4.69) is 29.8 Å². The van der Waals surface area contributed by atoms with E-state index < -0.39 is 6.10 Å². The molecule has 34 heavy (non-hydrogen) atoms. The molecule has 0 amide bonds. The maximum atomic E-state index is 10.6. The quantitative estimate of drug-likeness (QED) is 0.398. The van der Waals surface area contributed by atoms with Gasteiger partial charge in [-0.05, 0) is 55.4 Å². The molecule has 5 N–H and O–H groups in total. The molecule has 1 aliphatic carbocycles. The van der Waals surface area contributed by atoms with Gasteiger partial charge in [-0.2, -0.15) is 0 Å². The number of rotatable bonds is 5. The van der Waals surface area contributed by atoms with Crippen molar-refractivity contribution in [3.05, 3.63) is 46.3 Å². The van der Waals surface area contributed by atoms with Crippen LogP contribution in [0.4, 0.5) is 10.8 Å². The van der Waals surface area contributed by atoms with Gasteiger partial charge in [-0.1, -0.05) is 43.0 Å². The summed E-state index contributed by atoms with van der Waals surface area (Å²) in [5, 5.41) is 12.3. The normalized spacial score (nSPS) is 22.8. The van der Waals surface area contributed by atoms with Crippen molar-refractivity contribution in [3.8, 4) is 0 Å². The van der Waals surface area contributed by atoms with Gasteiger partial charge in [0.15, 0.2) is 5.13 Å². The highest BCUT2D eigenvalue weighted by Crippen LogP contribution is 2.44. The van der Waals surface area contributed by atoms with E-state index in [1.807, 2.05) is 32.2 Å². The largest absolute Gasteiger partial charge is 0.496 e. The van der Waals surface area contributed by atoms with Crippen molar-refractivity contribution in [2.45, 2.75) is 63.5 Å². The Hall–Kier alpha value is -2.07. The molecule has 0 aromatic carbocycles. The Morgan fingerprint density at radius 1 is 1.41 bits per heavy atom. The number of pyridine rings is 1. The number of allylic oxidation sites excluding steroid dienone is 3. The summed E-state index contributed by atoms with van der Waals surface area (Å²) in [5.41, 5.74) is 15.8. The molecule has 3 heterocycles. The lowest BCUT2D eigenvalue weighted by atomic mass is 9.77. The van der Waals surface area contributed by atoms with Crippen molar-refractivity contribution in [1.29, 1.82) is 0 Å². The molecule has 1 aliphatic heterocycles. The molecule has 7 nitrogen and oxygen atoms in total. The van der Waals surface area contributed by atoms with Gasteiger partial charge >= 0.3 is 0 Å². The molecule has 0 saturated carbocycles. The second kappa shape index (κ2) is 10.3. The van der Waals surface area contributed by atoms with Crippen LogP contribution >= 0.6 is 23.1 Å². The number of nitrogens with two attached hydrogens (primary N) is 2. The summed E-state index contributed by atoms with van der Waals surface area (Å²) in [6.07, 6.45) is 8.02. The highest BCUT2D eigenvalue weighted by molar-refractivity contribution is 7.99. The average molecular weight is 502 g/mol. The number of hydrogen-bond donors (Lipinski definition) is 3. The van der Waals surface area contributed by atoms with Crippen LogP contribution in [0, 0.1) is 5.41 Å². The van der Waals surface area contributed by atoms with Crippen LogP contribution in [0.1, 0.15) is 62.8 Å². The zero-order valence-corrected chi connectivity index (χ0v) is 22.0. The molecular weight excluding hydrogens is 466 g/mol. The lowest BCUT2D eigenvalue weighted by Crippen LogP contribution is -2.26. The van der Waals surface area contributed by atoms with Gasteiger partial charge in [-0.25, -0.2) is 9.97 Å². The van der Waals surface area contributed by atoms with Crippen LogP contribution in [0.2, 0.25) is 0 Å². The molecule has 2 aliphatic rings. The Kier molecular flexibility index (Phi) is 7.57. The second-order valence-electron chi connectivity index (χ2n) is 9.88. The first-order valence-electron chi connectivity index (χ1n) is 11.7. The first kappa shape index (κ1) is 25.0. The van der Waals surface area contributed by atoms with Crippen molar-refractivity contribution in [2.75, 3.05) is 30.3 Å². The Morgan fingerprint density at radius 3 is 2.94 bits per heavy atom. The SMILES string of the molecule is CC(=CC=C1CCN(c2nc3c(s2)C(O)CC(C)(C)C3)CCO1)c1cnc(SC(C)N)c(N)c1. The molecule has 0 bridgehead atoms. The lowest BCUT2D eigenvalue weighted by molar-refractivity contribution is 0.102. The van der Waals surface area contributed by atoms with Crippen LogP contribution in [-0.4, -0.2) is 40.1 Å². The zero-order valence-electron chi connectivity index (χ0n) is 20.4. The predicted octanol–water partition coefficient (Wildman–Crippen LogP) is 4.74. The molecule has 2 unspecified atom stereocenters. The van der Waals surface area contributed by atoms with E-state index in [0.717, 1.165) is 70.0 Å². The van der Waals surface area contributed by atoms with Crippen LogP contribution in [0.5, 0.6) is 0 Å². The highest BCUT2D eigenvalue weighted by Gasteiger charge is 2.34. The molecule has 0 radical (unpaired) electrons. The van der Waals surface area contributed by atoms with E-state index in [1.54, 1.807) is 11.3 Å². The van der Waals surface area contributed by atoms with Crippen LogP contribution in [0.3, 0.4) is 0 Å². The molecule has 1 fully saturated rings. The molecular formula is C25H35N5O2S2. The fourth-order valence-electron chi connectivity index (χ4n) is 4.33. The molecule has 9 heteroatoms.